The summed E-state index contributed by atoms with van der Waals surface area (Å²) in [5.41, 5.74) is 4.50. The Morgan fingerprint density at radius 3 is 2.45 bits per heavy atom. The lowest BCUT2D eigenvalue weighted by Gasteiger charge is -2.18. The molecule has 168 valence electrons. The van der Waals surface area contributed by atoms with Crippen molar-refractivity contribution in [2.45, 2.75) is 72.3 Å². The molecular formula is C26H38N4O. The second kappa shape index (κ2) is 11.7. The Labute approximate surface area is 187 Å². The number of ether oxygens (including phenoxy) is 1. The molecule has 3 aromatic heterocycles. The molecule has 5 nitrogen and oxygen atoms in total. The van der Waals surface area contributed by atoms with Gasteiger partial charge in [-0.05, 0) is 49.9 Å². The zero-order chi connectivity index (χ0) is 22.1. The standard InChI is InChI=1S/C24H32N4O.C2H6/c1-3-29-23-11-10-20(26-16-23)14-22-13-19-12-21(25-2)15-27-24(19)28(22)17-18-8-6-4-5-7-9-18;1-2/h10-13,15-16,18,25H,3-9,14,17H2,1-2H3;1-2H3. The molecule has 0 aromatic carbocycles. The number of fused-ring (bicyclic) bond motifs is 1. The second-order valence-electron chi connectivity index (χ2n) is 8.09. The first-order valence-electron chi connectivity index (χ1n) is 12.0. The molecule has 31 heavy (non-hydrogen) atoms. The lowest BCUT2D eigenvalue weighted by molar-refractivity contribution is 0.338. The minimum Gasteiger partial charge on any atom is -0.492 e. The fraction of sp³-hybridized carbons (Fsp3) is 0.538. The van der Waals surface area contributed by atoms with Crippen LogP contribution >= 0.6 is 0 Å². The van der Waals surface area contributed by atoms with Crippen molar-refractivity contribution in [1.29, 1.82) is 0 Å². The third-order valence-corrected chi connectivity index (χ3v) is 5.99. The highest BCUT2D eigenvalue weighted by atomic mass is 16.5. The van der Waals surface area contributed by atoms with Gasteiger partial charge in [-0.1, -0.05) is 39.5 Å². The average molecular weight is 423 g/mol. The summed E-state index contributed by atoms with van der Waals surface area (Å²) in [4.78, 5) is 9.43. The van der Waals surface area contributed by atoms with Crippen LogP contribution in [0.1, 0.15) is 70.7 Å². The second-order valence-corrected chi connectivity index (χ2v) is 8.09. The molecule has 0 spiro atoms. The van der Waals surface area contributed by atoms with Gasteiger partial charge in [-0.3, -0.25) is 4.98 Å². The van der Waals surface area contributed by atoms with Crippen LogP contribution in [0.5, 0.6) is 5.75 Å². The van der Waals surface area contributed by atoms with Gasteiger partial charge in [-0.15, -0.1) is 0 Å². The minimum atomic E-state index is 0.663. The van der Waals surface area contributed by atoms with Crippen LogP contribution in [0.4, 0.5) is 5.69 Å². The molecule has 1 aliphatic rings. The van der Waals surface area contributed by atoms with Gasteiger partial charge in [0.25, 0.3) is 0 Å². The third-order valence-electron chi connectivity index (χ3n) is 5.99. The number of nitrogens with one attached hydrogen (secondary N) is 1. The molecule has 0 aliphatic heterocycles. The summed E-state index contributed by atoms with van der Waals surface area (Å²) >= 11 is 0. The lowest BCUT2D eigenvalue weighted by Crippen LogP contribution is -2.13. The van der Waals surface area contributed by atoms with E-state index in [1.54, 1.807) is 0 Å². The molecule has 0 radical (unpaired) electrons. The fourth-order valence-electron chi connectivity index (χ4n) is 4.44. The van der Waals surface area contributed by atoms with Crippen molar-refractivity contribution < 1.29 is 4.74 Å². The van der Waals surface area contributed by atoms with Crippen molar-refractivity contribution in [1.82, 2.24) is 14.5 Å². The maximum absolute atomic E-state index is 5.54. The van der Waals surface area contributed by atoms with Crippen LogP contribution in [0.3, 0.4) is 0 Å². The molecule has 4 rings (SSSR count). The molecule has 1 N–H and O–H groups in total. The van der Waals surface area contributed by atoms with Crippen LogP contribution in [-0.4, -0.2) is 28.2 Å². The number of hydrogen-bond acceptors (Lipinski definition) is 4. The van der Waals surface area contributed by atoms with Crippen LogP contribution in [0.2, 0.25) is 0 Å². The average Bonchev–Trinajstić information content (AvgIpc) is 2.95. The number of hydrogen-bond donors (Lipinski definition) is 1. The Balaban J connectivity index is 0.00000132. The first-order valence-corrected chi connectivity index (χ1v) is 12.0. The topological polar surface area (TPSA) is 52.0 Å². The number of nitrogens with zero attached hydrogens (tertiary/aromatic N) is 3. The minimum absolute atomic E-state index is 0.663. The molecule has 5 heteroatoms. The van der Waals surface area contributed by atoms with Gasteiger partial charge in [0.05, 0.1) is 24.7 Å². The fourth-order valence-corrected chi connectivity index (χ4v) is 4.44. The molecule has 1 aliphatic carbocycles. The van der Waals surface area contributed by atoms with Crippen LogP contribution < -0.4 is 10.1 Å². The maximum Gasteiger partial charge on any atom is 0.140 e. The van der Waals surface area contributed by atoms with Gasteiger partial charge in [-0.2, -0.15) is 0 Å². The van der Waals surface area contributed by atoms with Gasteiger partial charge in [-0.25, -0.2) is 4.98 Å². The Kier molecular flexibility index (Phi) is 8.74. The summed E-state index contributed by atoms with van der Waals surface area (Å²) < 4.78 is 7.98. The molecule has 0 bridgehead atoms. The largest absolute Gasteiger partial charge is 0.492 e. The van der Waals surface area contributed by atoms with E-state index in [4.69, 9.17) is 9.72 Å². The summed E-state index contributed by atoms with van der Waals surface area (Å²) in [7, 11) is 1.94. The summed E-state index contributed by atoms with van der Waals surface area (Å²) in [6.45, 7) is 7.71. The van der Waals surface area contributed by atoms with Crippen molar-refractivity contribution in [2.24, 2.45) is 5.92 Å². The van der Waals surface area contributed by atoms with E-state index in [0.29, 0.717) is 6.61 Å². The molecule has 3 aromatic rings. The molecule has 1 fully saturated rings. The van der Waals surface area contributed by atoms with Gasteiger partial charge < -0.3 is 14.6 Å². The van der Waals surface area contributed by atoms with Crippen LogP contribution in [0.25, 0.3) is 11.0 Å². The lowest BCUT2D eigenvalue weighted by atomic mass is 10.0. The van der Waals surface area contributed by atoms with Gasteiger partial charge in [0.15, 0.2) is 0 Å². The van der Waals surface area contributed by atoms with Crippen molar-refractivity contribution in [3.8, 4) is 5.75 Å². The third kappa shape index (κ3) is 5.99. The predicted molar refractivity (Wildman–Crippen MR) is 130 cm³/mol. The molecule has 0 saturated heterocycles. The van der Waals surface area contributed by atoms with Crippen molar-refractivity contribution in [3.05, 3.63) is 48.0 Å². The van der Waals surface area contributed by atoms with Crippen LogP contribution in [0, 0.1) is 5.92 Å². The van der Waals surface area contributed by atoms with E-state index in [9.17, 15) is 0 Å². The normalized spacial score (nSPS) is 14.6. The van der Waals surface area contributed by atoms with Gasteiger partial charge in [0, 0.05) is 36.8 Å². The van der Waals surface area contributed by atoms with E-state index in [-0.39, 0.29) is 0 Å². The van der Waals surface area contributed by atoms with Crippen molar-refractivity contribution in [3.63, 3.8) is 0 Å². The number of aromatic nitrogens is 3. The first kappa shape index (κ1) is 23.1. The van der Waals surface area contributed by atoms with E-state index in [1.807, 2.05) is 46.3 Å². The Hall–Kier alpha value is -2.56. The molecule has 0 atom stereocenters. The Bertz CT molecular complexity index is 924. The predicted octanol–water partition coefficient (Wildman–Crippen LogP) is 6.46. The zero-order valence-electron chi connectivity index (χ0n) is 19.7. The van der Waals surface area contributed by atoms with E-state index in [2.05, 4.69) is 33.1 Å². The van der Waals surface area contributed by atoms with E-state index >= 15 is 0 Å². The molecule has 0 amide bonds. The first-order chi connectivity index (χ1) is 15.3. The molecular weight excluding hydrogens is 384 g/mol. The monoisotopic (exact) mass is 422 g/mol. The van der Waals surface area contributed by atoms with Gasteiger partial charge in [0.2, 0.25) is 0 Å². The van der Waals surface area contributed by atoms with Crippen LogP contribution in [0.15, 0.2) is 36.7 Å². The Morgan fingerprint density at radius 2 is 1.81 bits per heavy atom. The Morgan fingerprint density at radius 1 is 1.03 bits per heavy atom. The van der Waals surface area contributed by atoms with Gasteiger partial charge in [0.1, 0.15) is 11.4 Å². The summed E-state index contributed by atoms with van der Waals surface area (Å²) in [6.07, 6.45) is 12.7. The zero-order valence-corrected chi connectivity index (χ0v) is 19.7. The van der Waals surface area contributed by atoms with Crippen LogP contribution in [-0.2, 0) is 13.0 Å². The number of rotatable bonds is 7. The quantitative estimate of drug-likeness (QED) is 0.444. The highest BCUT2D eigenvalue weighted by Crippen LogP contribution is 2.29. The summed E-state index contributed by atoms with van der Waals surface area (Å²) in [5.74, 6) is 1.57. The van der Waals surface area contributed by atoms with E-state index < -0.39 is 0 Å². The van der Waals surface area contributed by atoms with Crippen molar-refractivity contribution >= 4 is 16.7 Å². The molecule has 3 heterocycles. The number of pyridine rings is 2. The smallest absolute Gasteiger partial charge is 0.140 e. The van der Waals surface area contributed by atoms with Crippen molar-refractivity contribution in [2.75, 3.05) is 19.0 Å². The highest BCUT2D eigenvalue weighted by molar-refractivity contribution is 5.81. The SMILES string of the molecule is CC.CCOc1ccc(Cc2cc3cc(NC)cnc3n2CC2CCCCCC2)nc1. The molecule has 0 unspecified atom stereocenters. The highest BCUT2D eigenvalue weighted by Gasteiger charge is 2.18. The summed E-state index contributed by atoms with van der Waals surface area (Å²) in [6, 6.07) is 8.58. The maximum atomic E-state index is 5.54. The summed E-state index contributed by atoms with van der Waals surface area (Å²) in [5, 5.41) is 4.41. The van der Waals surface area contributed by atoms with Gasteiger partial charge >= 0.3 is 0 Å². The molecule has 1 saturated carbocycles. The van der Waals surface area contributed by atoms with E-state index in [1.165, 1.54) is 49.6 Å². The number of anilines is 1. The van der Waals surface area contributed by atoms with E-state index in [0.717, 1.165) is 41.7 Å².